The van der Waals surface area contributed by atoms with Crippen LogP contribution in [0.15, 0.2) is 24.3 Å². The molecule has 0 aliphatic heterocycles. The van der Waals surface area contributed by atoms with E-state index in [4.69, 9.17) is 4.74 Å². The maximum Gasteiger partial charge on any atom is 0.0769 e. The number of ether oxygens (including phenoxy) is 1. The van der Waals surface area contributed by atoms with E-state index in [0.29, 0.717) is 12.1 Å². The van der Waals surface area contributed by atoms with Crippen LogP contribution in [-0.2, 0) is 11.2 Å². The van der Waals surface area contributed by atoms with Gasteiger partial charge >= 0.3 is 0 Å². The fourth-order valence-corrected chi connectivity index (χ4v) is 3.21. The molecule has 1 aliphatic rings. The van der Waals surface area contributed by atoms with Crippen molar-refractivity contribution in [3.63, 3.8) is 0 Å². The number of rotatable bonds is 7. The van der Waals surface area contributed by atoms with Crippen LogP contribution in [0.4, 0.5) is 0 Å². The van der Waals surface area contributed by atoms with Gasteiger partial charge in [0.1, 0.15) is 0 Å². The third kappa shape index (κ3) is 4.07. The zero-order chi connectivity index (χ0) is 14.2. The first-order chi connectivity index (χ1) is 9.86. The molecular weight excluding hydrogens is 246 g/mol. The van der Waals surface area contributed by atoms with Crippen molar-refractivity contribution in [2.24, 2.45) is 0 Å². The Morgan fingerprint density at radius 1 is 1.20 bits per heavy atom. The van der Waals surface area contributed by atoms with Crippen molar-refractivity contribution < 1.29 is 4.74 Å². The summed E-state index contributed by atoms with van der Waals surface area (Å²) in [4.78, 5) is 0. The van der Waals surface area contributed by atoms with Gasteiger partial charge in [0.05, 0.1) is 12.1 Å². The summed E-state index contributed by atoms with van der Waals surface area (Å²) in [5.74, 6) is 0. The van der Waals surface area contributed by atoms with Crippen molar-refractivity contribution in [1.29, 1.82) is 0 Å². The highest BCUT2D eigenvalue weighted by Gasteiger charge is 2.26. The highest BCUT2D eigenvalue weighted by Crippen LogP contribution is 2.30. The first-order valence-electron chi connectivity index (χ1n) is 8.23. The predicted octanol–water partition coefficient (Wildman–Crippen LogP) is 4.25. The van der Waals surface area contributed by atoms with Gasteiger partial charge in [-0.1, -0.05) is 50.5 Å². The molecule has 0 radical (unpaired) electrons. The molecule has 0 spiro atoms. The van der Waals surface area contributed by atoms with Crippen LogP contribution < -0.4 is 5.32 Å². The first-order valence-corrected chi connectivity index (χ1v) is 8.23. The summed E-state index contributed by atoms with van der Waals surface area (Å²) < 4.78 is 6.21. The maximum absolute atomic E-state index is 6.21. The van der Waals surface area contributed by atoms with Crippen LogP contribution in [0, 0.1) is 0 Å². The number of likely N-dealkylation sites (N-methyl/N-ethyl adjacent to an activating group) is 1. The quantitative estimate of drug-likeness (QED) is 0.593. The van der Waals surface area contributed by atoms with Crippen molar-refractivity contribution in [3.05, 3.63) is 35.4 Å². The molecule has 2 unspecified atom stereocenters. The lowest BCUT2D eigenvalue weighted by Gasteiger charge is -2.26. The maximum atomic E-state index is 6.21. The first kappa shape index (κ1) is 15.5. The summed E-state index contributed by atoms with van der Waals surface area (Å²) in [5, 5.41) is 3.48. The van der Waals surface area contributed by atoms with Gasteiger partial charge in [-0.3, -0.25) is 0 Å². The average molecular weight is 275 g/mol. The molecule has 0 heterocycles. The largest absolute Gasteiger partial charge is 0.376 e. The standard InChI is InChI=1S/C18H29NO/c1-3-4-5-8-14-20-17-13-9-11-15-10-6-7-12-16(15)18(17)19-2/h6-7,10,12,17-19H,3-5,8-9,11,13-14H2,1-2H3. The van der Waals surface area contributed by atoms with E-state index < -0.39 is 0 Å². The molecule has 112 valence electrons. The average Bonchev–Trinajstić information content (AvgIpc) is 2.65. The van der Waals surface area contributed by atoms with E-state index in [1.165, 1.54) is 49.7 Å². The minimum absolute atomic E-state index is 0.324. The smallest absolute Gasteiger partial charge is 0.0769 e. The molecular formula is C18H29NO. The molecule has 0 fully saturated rings. The van der Waals surface area contributed by atoms with Gasteiger partial charge in [-0.25, -0.2) is 0 Å². The third-order valence-corrected chi connectivity index (χ3v) is 4.34. The summed E-state index contributed by atoms with van der Waals surface area (Å²) in [6, 6.07) is 9.17. The second-order valence-corrected chi connectivity index (χ2v) is 5.83. The summed E-state index contributed by atoms with van der Waals surface area (Å²) in [7, 11) is 2.06. The van der Waals surface area contributed by atoms with Gasteiger partial charge in [0.2, 0.25) is 0 Å². The molecule has 20 heavy (non-hydrogen) atoms. The minimum atomic E-state index is 0.324. The van der Waals surface area contributed by atoms with Crippen molar-refractivity contribution in [1.82, 2.24) is 5.32 Å². The van der Waals surface area contributed by atoms with Crippen molar-refractivity contribution in [3.8, 4) is 0 Å². The molecule has 0 saturated heterocycles. The lowest BCUT2D eigenvalue weighted by atomic mass is 9.98. The van der Waals surface area contributed by atoms with Gasteiger partial charge in [0.15, 0.2) is 0 Å². The van der Waals surface area contributed by atoms with Gasteiger partial charge in [-0.15, -0.1) is 0 Å². The van der Waals surface area contributed by atoms with Gasteiger partial charge in [0, 0.05) is 6.61 Å². The second kappa shape index (κ2) is 8.43. The van der Waals surface area contributed by atoms with E-state index in [1.807, 2.05) is 0 Å². The Bertz CT molecular complexity index is 391. The molecule has 1 aromatic carbocycles. The normalized spacial score (nSPS) is 22.3. The molecule has 1 aromatic rings. The van der Waals surface area contributed by atoms with Gasteiger partial charge < -0.3 is 10.1 Å². The minimum Gasteiger partial charge on any atom is -0.376 e. The number of unbranched alkanes of at least 4 members (excludes halogenated alkanes) is 3. The van der Waals surface area contributed by atoms with Crippen LogP contribution in [-0.4, -0.2) is 19.8 Å². The molecule has 2 nitrogen and oxygen atoms in total. The predicted molar refractivity (Wildman–Crippen MR) is 85.1 cm³/mol. The topological polar surface area (TPSA) is 21.3 Å². The molecule has 1 aliphatic carbocycles. The van der Waals surface area contributed by atoms with Crippen LogP contribution in [0.3, 0.4) is 0 Å². The molecule has 1 N–H and O–H groups in total. The zero-order valence-electron chi connectivity index (χ0n) is 13.0. The summed E-state index contributed by atoms with van der Waals surface area (Å²) >= 11 is 0. The Balaban J connectivity index is 1.95. The Hall–Kier alpha value is -0.860. The SMILES string of the molecule is CCCCCCOC1CCCc2ccccc2C1NC. The van der Waals surface area contributed by atoms with Gasteiger partial charge in [0.25, 0.3) is 0 Å². The van der Waals surface area contributed by atoms with E-state index in [2.05, 4.69) is 43.6 Å². The molecule has 0 saturated carbocycles. The lowest BCUT2D eigenvalue weighted by Crippen LogP contribution is -2.31. The molecule has 2 rings (SSSR count). The van der Waals surface area contributed by atoms with Crippen LogP contribution in [0.25, 0.3) is 0 Å². The number of nitrogens with one attached hydrogen (secondary N) is 1. The Labute approximate surface area is 123 Å². The fraction of sp³-hybridized carbons (Fsp3) is 0.667. The lowest BCUT2D eigenvalue weighted by molar-refractivity contribution is 0.0206. The van der Waals surface area contributed by atoms with E-state index in [-0.39, 0.29) is 0 Å². The van der Waals surface area contributed by atoms with Crippen LogP contribution >= 0.6 is 0 Å². The third-order valence-electron chi connectivity index (χ3n) is 4.34. The van der Waals surface area contributed by atoms with E-state index in [0.717, 1.165) is 13.0 Å². The van der Waals surface area contributed by atoms with Gasteiger partial charge in [-0.2, -0.15) is 0 Å². The van der Waals surface area contributed by atoms with E-state index in [1.54, 1.807) is 0 Å². The van der Waals surface area contributed by atoms with Crippen LogP contribution in [0.2, 0.25) is 0 Å². The summed E-state index contributed by atoms with van der Waals surface area (Å²) in [6.07, 6.45) is 9.01. The van der Waals surface area contributed by atoms with Crippen LogP contribution in [0.1, 0.15) is 62.6 Å². The van der Waals surface area contributed by atoms with E-state index in [9.17, 15) is 0 Å². The molecule has 2 heteroatoms. The summed E-state index contributed by atoms with van der Waals surface area (Å²) in [5.41, 5.74) is 2.93. The Morgan fingerprint density at radius 3 is 2.85 bits per heavy atom. The molecule has 0 amide bonds. The number of hydrogen-bond acceptors (Lipinski definition) is 2. The highest BCUT2D eigenvalue weighted by molar-refractivity contribution is 5.32. The number of fused-ring (bicyclic) bond motifs is 1. The van der Waals surface area contributed by atoms with E-state index >= 15 is 0 Å². The molecule has 0 aromatic heterocycles. The molecule has 0 bridgehead atoms. The van der Waals surface area contributed by atoms with Gasteiger partial charge in [-0.05, 0) is 43.9 Å². The number of aryl methyl sites for hydroxylation is 1. The fourth-order valence-electron chi connectivity index (χ4n) is 3.21. The summed E-state index contributed by atoms with van der Waals surface area (Å²) in [6.45, 7) is 3.16. The Morgan fingerprint density at radius 2 is 2.05 bits per heavy atom. The van der Waals surface area contributed by atoms with Crippen molar-refractivity contribution in [2.45, 2.75) is 64.0 Å². The Kier molecular flexibility index (Phi) is 6.55. The second-order valence-electron chi connectivity index (χ2n) is 5.83. The number of benzene rings is 1. The van der Waals surface area contributed by atoms with Crippen molar-refractivity contribution in [2.75, 3.05) is 13.7 Å². The monoisotopic (exact) mass is 275 g/mol. The zero-order valence-corrected chi connectivity index (χ0v) is 13.0. The van der Waals surface area contributed by atoms with Crippen molar-refractivity contribution >= 4 is 0 Å². The number of hydrogen-bond donors (Lipinski definition) is 1. The highest BCUT2D eigenvalue weighted by atomic mass is 16.5. The van der Waals surface area contributed by atoms with Crippen LogP contribution in [0.5, 0.6) is 0 Å². The molecule has 2 atom stereocenters.